The van der Waals surface area contributed by atoms with Crippen molar-refractivity contribution in [2.75, 3.05) is 20.2 Å². The Labute approximate surface area is 69.5 Å². The van der Waals surface area contributed by atoms with Gasteiger partial charge in [0.05, 0.1) is 6.61 Å². The highest BCUT2D eigenvalue weighted by Crippen LogP contribution is 1.96. The van der Waals surface area contributed by atoms with E-state index in [-0.39, 0.29) is 12.6 Å². The summed E-state index contributed by atoms with van der Waals surface area (Å²) >= 11 is 0. The third-order valence-electron chi connectivity index (χ3n) is 1.80. The second-order valence-corrected chi connectivity index (χ2v) is 3.25. The van der Waals surface area contributed by atoms with E-state index in [0.29, 0.717) is 0 Å². The number of likely N-dealkylation sites (N-methyl/N-ethyl adjacent to an activating group) is 1. The van der Waals surface area contributed by atoms with Gasteiger partial charge in [-0.1, -0.05) is 11.6 Å². The number of aliphatic hydroxyl groups excluding tert-OH is 1. The molecule has 0 aromatic rings. The molecule has 1 unspecified atom stereocenters. The lowest BCUT2D eigenvalue weighted by Crippen LogP contribution is -2.32. The molecular formula is C9H19NO. The van der Waals surface area contributed by atoms with Crippen LogP contribution in [0.1, 0.15) is 20.8 Å². The van der Waals surface area contributed by atoms with Crippen molar-refractivity contribution in [3.63, 3.8) is 0 Å². The summed E-state index contributed by atoms with van der Waals surface area (Å²) in [6, 6.07) is 0.255. The van der Waals surface area contributed by atoms with E-state index in [4.69, 9.17) is 5.11 Å². The molecule has 0 spiro atoms. The Bertz CT molecular complexity index is 128. The second-order valence-electron chi connectivity index (χ2n) is 3.25. The predicted octanol–water partition coefficient (Wildman–Crippen LogP) is 1.27. The number of rotatable bonds is 4. The molecule has 11 heavy (non-hydrogen) atoms. The molecule has 0 saturated heterocycles. The van der Waals surface area contributed by atoms with Crippen molar-refractivity contribution in [3.8, 4) is 0 Å². The molecule has 0 bridgehead atoms. The van der Waals surface area contributed by atoms with Gasteiger partial charge in [-0.2, -0.15) is 0 Å². The molecule has 0 aliphatic rings. The van der Waals surface area contributed by atoms with Crippen LogP contribution in [0.2, 0.25) is 0 Å². The van der Waals surface area contributed by atoms with Crippen LogP contribution in [0.5, 0.6) is 0 Å². The van der Waals surface area contributed by atoms with Crippen molar-refractivity contribution >= 4 is 0 Å². The summed E-state index contributed by atoms with van der Waals surface area (Å²) in [6.07, 6.45) is 2.16. The number of nitrogens with zero attached hydrogens (tertiary/aromatic N) is 1. The van der Waals surface area contributed by atoms with Gasteiger partial charge in [0.1, 0.15) is 0 Å². The molecule has 0 aromatic carbocycles. The lowest BCUT2D eigenvalue weighted by molar-refractivity contribution is 0.170. The fraction of sp³-hybridized carbons (Fsp3) is 0.778. The Morgan fingerprint density at radius 3 is 2.45 bits per heavy atom. The molecule has 0 heterocycles. The van der Waals surface area contributed by atoms with Crippen molar-refractivity contribution in [1.82, 2.24) is 4.90 Å². The summed E-state index contributed by atoms with van der Waals surface area (Å²) in [6.45, 7) is 7.32. The minimum atomic E-state index is 0.229. The van der Waals surface area contributed by atoms with Crippen molar-refractivity contribution < 1.29 is 5.11 Å². The van der Waals surface area contributed by atoms with E-state index in [1.54, 1.807) is 0 Å². The van der Waals surface area contributed by atoms with Gasteiger partial charge in [-0.15, -0.1) is 0 Å². The summed E-state index contributed by atoms with van der Waals surface area (Å²) in [5.41, 5.74) is 1.32. The summed E-state index contributed by atoms with van der Waals surface area (Å²) in [5.74, 6) is 0. The van der Waals surface area contributed by atoms with Gasteiger partial charge in [0.15, 0.2) is 0 Å². The molecule has 0 amide bonds. The first-order chi connectivity index (χ1) is 5.07. The zero-order chi connectivity index (χ0) is 8.85. The van der Waals surface area contributed by atoms with E-state index in [9.17, 15) is 0 Å². The van der Waals surface area contributed by atoms with Crippen molar-refractivity contribution in [3.05, 3.63) is 11.6 Å². The summed E-state index contributed by atoms with van der Waals surface area (Å²) < 4.78 is 0. The highest BCUT2D eigenvalue weighted by molar-refractivity contribution is 4.94. The molecule has 0 aliphatic heterocycles. The average Bonchev–Trinajstić information content (AvgIpc) is 1.98. The molecular weight excluding hydrogens is 138 g/mol. The molecule has 0 rings (SSSR count). The lowest BCUT2D eigenvalue weighted by atomic mass is 10.3. The highest BCUT2D eigenvalue weighted by Gasteiger charge is 2.04. The quantitative estimate of drug-likeness (QED) is 0.621. The molecule has 1 atom stereocenters. The van der Waals surface area contributed by atoms with Crippen LogP contribution in [0.25, 0.3) is 0 Å². The van der Waals surface area contributed by atoms with Crippen molar-refractivity contribution in [2.45, 2.75) is 26.8 Å². The Morgan fingerprint density at radius 2 is 2.09 bits per heavy atom. The lowest BCUT2D eigenvalue weighted by Gasteiger charge is -2.20. The Kier molecular flexibility index (Phi) is 5.16. The molecule has 2 nitrogen and oxygen atoms in total. The standard InChI is InChI=1S/C9H19NO/c1-8(2)5-6-10(4)9(3)7-11/h5,9,11H,6-7H2,1-4H3. The zero-order valence-corrected chi connectivity index (χ0v) is 7.96. The minimum absolute atomic E-state index is 0.229. The van der Waals surface area contributed by atoms with E-state index < -0.39 is 0 Å². The number of hydrogen-bond acceptors (Lipinski definition) is 2. The predicted molar refractivity (Wildman–Crippen MR) is 48.6 cm³/mol. The molecule has 0 saturated carbocycles. The Hall–Kier alpha value is -0.340. The molecule has 0 aliphatic carbocycles. The van der Waals surface area contributed by atoms with Gasteiger partial charge in [0, 0.05) is 12.6 Å². The molecule has 0 fully saturated rings. The second kappa shape index (κ2) is 5.33. The molecule has 1 N–H and O–H groups in total. The van der Waals surface area contributed by atoms with Crippen LogP contribution in [0.15, 0.2) is 11.6 Å². The first-order valence-electron chi connectivity index (χ1n) is 4.02. The number of hydrogen-bond donors (Lipinski definition) is 1. The van der Waals surface area contributed by atoms with E-state index in [1.165, 1.54) is 5.57 Å². The first-order valence-corrected chi connectivity index (χ1v) is 4.02. The Morgan fingerprint density at radius 1 is 1.55 bits per heavy atom. The van der Waals surface area contributed by atoms with Gasteiger partial charge in [-0.25, -0.2) is 0 Å². The van der Waals surface area contributed by atoms with Gasteiger partial charge in [0.25, 0.3) is 0 Å². The number of allylic oxidation sites excluding steroid dienone is 1. The van der Waals surface area contributed by atoms with Crippen LogP contribution in [0, 0.1) is 0 Å². The maximum atomic E-state index is 8.81. The van der Waals surface area contributed by atoms with E-state index in [2.05, 4.69) is 24.8 Å². The maximum Gasteiger partial charge on any atom is 0.0584 e. The van der Waals surface area contributed by atoms with Gasteiger partial charge in [0.2, 0.25) is 0 Å². The summed E-state index contributed by atoms with van der Waals surface area (Å²) in [5, 5.41) is 8.81. The SMILES string of the molecule is CC(C)=CCN(C)C(C)CO. The van der Waals surface area contributed by atoms with Crippen molar-refractivity contribution in [2.24, 2.45) is 0 Å². The monoisotopic (exact) mass is 157 g/mol. The molecule has 2 heteroatoms. The highest BCUT2D eigenvalue weighted by atomic mass is 16.3. The smallest absolute Gasteiger partial charge is 0.0584 e. The third-order valence-corrected chi connectivity index (χ3v) is 1.80. The first kappa shape index (κ1) is 10.7. The van der Waals surface area contributed by atoms with Gasteiger partial charge in [-0.05, 0) is 27.8 Å². The number of aliphatic hydroxyl groups is 1. The largest absolute Gasteiger partial charge is 0.395 e. The topological polar surface area (TPSA) is 23.5 Å². The van der Waals surface area contributed by atoms with Crippen molar-refractivity contribution in [1.29, 1.82) is 0 Å². The summed E-state index contributed by atoms with van der Waals surface area (Å²) in [7, 11) is 2.01. The van der Waals surface area contributed by atoms with Crippen LogP contribution in [-0.2, 0) is 0 Å². The van der Waals surface area contributed by atoms with E-state index in [1.807, 2.05) is 14.0 Å². The van der Waals surface area contributed by atoms with Crippen LogP contribution >= 0.6 is 0 Å². The summed E-state index contributed by atoms with van der Waals surface area (Å²) in [4.78, 5) is 2.12. The van der Waals surface area contributed by atoms with E-state index >= 15 is 0 Å². The maximum absolute atomic E-state index is 8.81. The minimum Gasteiger partial charge on any atom is -0.395 e. The van der Waals surface area contributed by atoms with Crippen LogP contribution in [-0.4, -0.2) is 36.2 Å². The van der Waals surface area contributed by atoms with Gasteiger partial charge < -0.3 is 5.11 Å². The Balaban J connectivity index is 3.68. The van der Waals surface area contributed by atoms with Gasteiger partial charge >= 0.3 is 0 Å². The fourth-order valence-electron chi connectivity index (χ4n) is 0.646. The van der Waals surface area contributed by atoms with Crippen LogP contribution in [0.3, 0.4) is 0 Å². The third kappa shape index (κ3) is 4.99. The molecule has 0 aromatic heterocycles. The zero-order valence-electron chi connectivity index (χ0n) is 7.96. The average molecular weight is 157 g/mol. The van der Waals surface area contributed by atoms with E-state index in [0.717, 1.165) is 6.54 Å². The van der Waals surface area contributed by atoms with Crippen LogP contribution < -0.4 is 0 Å². The molecule has 0 radical (unpaired) electrons. The fourth-order valence-corrected chi connectivity index (χ4v) is 0.646. The van der Waals surface area contributed by atoms with Gasteiger partial charge in [-0.3, -0.25) is 4.90 Å². The molecule has 66 valence electrons. The normalized spacial score (nSPS) is 13.3. The van der Waals surface area contributed by atoms with Crippen LogP contribution in [0.4, 0.5) is 0 Å².